The molecular weight excluding hydrogens is 660 g/mol. The Balaban J connectivity index is 1.57. The summed E-state index contributed by atoms with van der Waals surface area (Å²) in [4.78, 5) is 43.3. The lowest BCUT2D eigenvalue weighted by atomic mass is 9.60. The van der Waals surface area contributed by atoms with Gasteiger partial charge in [-0.1, -0.05) is 48.5 Å². The van der Waals surface area contributed by atoms with Gasteiger partial charge in [0.1, 0.15) is 24.4 Å². The first-order valence-corrected chi connectivity index (χ1v) is 19.6. The van der Waals surface area contributed by atoms with E-state index in [2.05, 4.69) is 86.5 Å². The summed E-state index contributed by atoms with van der Waals surface area (Å²) in [5.74, 6) is -1.26. The Morgan fingerprint density at radius 2 is 1.08 bits per heavy atom. The van der Waals surface area contributed by atoms with Gasteiger partial charge < -0.3 is 40.4 Å². The molecule has 0 saturated heterocycles. The number of nitrogens with zero attached hydrogens (tertiary/aromatic N) is 4. The molecule has 4 aliphatic rings. The van der Waals surface area contributed by atoms with E-state index in [0.717, 1.165) is 64.5 Å². The van der Waals surface area contributed by atoms with Gasteiger partial charge in [0.15, 0.2) is 0 Å². The third-order valence-electron chi connectivity index (χ3n) is 12.8. The first-order chi connectivity index (χ1) is 24.8. The Labute approximate surface area is 312 Å². The summed E-state index contributed by atoms with van der Waals surface area (Å²) in [6.07, 6.45) is 22.4. The maximum absolute atomic E-state index is 14.1. The zero-order valence-electron chi connectivity index (χ0n) is 32.9. The van der Waals surface area contributed by atoms with Crippen LogP contribution in [-0.4, -0.2) is 113 Å². The van der Waals surface area contributed by atoms with Crippen LogP contribution in [0.5, 0.6) is 0 Å². The van der Waals surface area contributed by atoms with E-state index in [4.69, 9.17) is 30.6 Å². The van der Waals surface area contributed by atoms with E-state index in [9.17, 15) is 9.59 Å². The molecule has 294 valence electrons. The molecule has 0 unspecified atom stereocenters. The minimum absolute atomic E-state index is 0.0319. The van der Waals surface area contributed by atoms with Crippen molar-refractivity contribution >= 4 is 24.4 Å². The molecule has 0 aromatic carbocycles. The number of rotatable bonds is 18. The molecule has 4 fully saturated rings. The number of fused-ring (bicyclic) bond motifs is 2. The molecular formula is C40H68N6O6. The van der Waals surface area contributed by atoms with Crippen LogP contribution in [0.4, 0.5) is 0 Å². The average Bonchev–Trinajstić information content (AvgIpc) is 3.54. The smallest absolute Gasteiger partial charge is 0.418 e. The van der Waals surface area contributed by atoms with E-state index >= 15 is 0 Å². The van der Waals surface area contributed by atoms with Gasteiger partial charge in [0.05, 0.1) is 0 Å². The van der Waals surface area contributed by atoms with E-state index < -0.39 is 34.0 Å². The molecule has 0 spiro atoms. The number of carbonyl (C=O) groups is 2. The molecule has 4 N–H and O–H groups in total. The number of hydrogen-bond acceptors (Lipinski definition) is 12. The molecule has 4 saturated carbocycles. The lowest BCUT2D eigenvalue weighted by molar-refractivity contribution is -0.207. The summed E-state index contributed by atoms with van der Waals surface area (Å²) >= 11 is 0. The highest BCUT2D eigenvalue weighted by molar-refractivity contribution is 6.30. The van der Waals surface area contributed by atoms with Gasteiger partial charge in [0, 0.05) is 61.3 Å². The number of esters is 2. The van der Waals surface area contributed by atoms with Crippen LogP contribution in [0.15, 0.2) is 34.6 Å². The van der Waals surface area contributed by atoms with Crippen molar-refractivity contribution in [2.45, 2.75) is 102 Å². The van der Waals surface area contributed by atoms with Crippen molar-refractivity contribution in [3.63, 3.8) is 0 Å². The van der Waals surface area contributed by atoms with E-state index in [1.54, 1.807) is 0 Å². The number of nitrogens with two attached hydrogens (primary N) is 2. The summed E-state index contributed by atoms with van der Waals surface area (Å²) in [7, 11) is 8.28. The summed E-state index contributed by atoms with van der Waals surface area (Å²) < 4.78 is 13.0. The van der Waals surface area contributed by atoms with Crippen molar-refractivity contribution in [3.05, 3.63) is 24.3 Å². The average molecular weight is 729 g/mol. The van der Waals surface area contributed by atoms with Gasteiger partial charge >= 0.3 is 11.9 Å². The Morgan fingerprint density at radius 1 is 0.673 bits per heavy atom. The maximum Gasteiger partial charge on any atom is 0.418 e. The highest BCUT2D eigenvalue weighted by Crippen LogP contribution is 2.62. The van der Waals surface area contributed by atoms with Gasteiger partial charge in [-0.2, -0.15) is 0 Å². The van der Waals surface area contributed by atoms with Crippen LogP contribution < -0.4 is 11.5 Å². The maximum atomic E-state index is 14.1. The molecule has 0 aliphatic heterocycles. The van der Waals surface area contributed by atoms with Crippen molar-refractivity contribution in [1.82, 2.24) is 9.80 Å². The van der Waals surface area contributed by atoms with E-state index in [0.29, 0.717) is 52.0 Å². The highest BCUT2D eigenvalue weighted by Gasteiger charge is 2.64. The Hall–Kier alpha value is -2.80. The van der Waals surface area contributed by atoms with E-state index in [-0.39, 0.29) is 23.7 Å². The molecule has 0 amide bonds. The standard InChI is InChI=1S/C40H68N6O6/c1-37-17-13-31(11-7-9-23-45(3)4)27-39(37,19-15-33(37)29-43-49-25-21-41)51-35(47)36(48)52-40-20-16-34(30-44-50-26-22-42)38(40,2)18-14-32(28-40)12-8-10-24-46(5)6/h7-8,11-12,29-34H,9-10,13-28,41-42H2,1-6H3/t31-,32-,33+,34+,37+,38+,39-,40-/m0/s1. The highest BCUT2D eigenvalue weighted by atomic mass is 16.6. The van der Waals surface area contributed by atoms with Crippen LogP contribution in [0, 0.1) is 34.5 Å². The number of hydrogen-bond donors (Lipinski definition) is 2. The fourth-order valence-corrected chi connectivity index (χ4v) is 9.53. The quantitative estimate of drug-likeness (QED) is 0.0497. The Morgan fingerprint density at radius 3 is 1.44 bits per heavy atom. The first-order valence-electron chi connectivity index (χ1n) is 19.6. The minimum Gasteiger partial charge on any atom is -0.450 e. The lowest BCUT2D eigenvalue weighted by Crippen LogP contribution is -2.56. The molecule has 0 bridgehead atoms. The Kier molecular flexibility index (Phi) is 15.3. The van der Waals surface area contributed by atoms with E-state index in [1.165, 1.54) is 0 Å². The molecule has 4 aliphatic carbocycles. The minimum atomic E-state index is -0.899. The van der Waals surface area contributed by atoms with Gasteiger partial charge in [-0.3, -0.25) is 0 Å². The summed E-state index contributed by atoms with van der Waals surface area (Å²) in [5.41, 5.74) is 8.71. The Bertz CT molecular complexity index is 1190. The summed E-state index contributed by atoms with van der Waals surface area (Å²) in [6, 6.07) is 0. The third kappa shape index (κ3) is 9.84. The molecule has 0 radical (unpaired) electrons. The predicted molar refractivity (Wildman–Crippen MR) is 206 cm³/mol. The number of carbonyl (C=O) groups excluding carboxylic acids is 2. The van der Waals surface area contributed by atoms with Crippen molar-refractivity contribution in [1.29, 1.82) is 0 Å². The third-order valence-corrected chi connectivity index (χ3v) is 12.8. The topological polar surface area (TPSA) is 154 Å². The van der Waals surface area contributed by atoms with E-state index in [1.807, 2.05) is 12.4 Å². The molecule has 52 heavy (non-hydrogen) atoms. The predicted octanol–water partition coefficient (Wildman–Crippen LogP) is 4.92. The van der Waals surface area contributed by atoms with Crippen LogP contribution in [0.3, 0.4) is 0 Å². The zero-order valence-corrected chi connectivity index (χ0v) is 32.9. The van der Waals surface area contributed by atoms with Crippen molar-refractivity contribution in [2.75, 3.05) is 67.6 Å². The summed E-state index contributed by atoms with van der Waals surface area (Å²) in [6.45, 7) is 7.75. The summed E-state index contributed by atoms with van der Waals surface area (Å²) in [5, 5.41) is 8.47. The van der Waals surface area contributed by atoms with Crippen molar-refractivity contribution in [2.24, 2.45) is 56.3 Å². The SMILES string of the molecule is CN(C)CCC=C[C@H]1CC[C@]2(C)[C@@H](C=NOCCN)CC[C@]2(OC(=O)C(=O)O[C@]23CC[C@H](C=NOCCN)[C@@]2(C)CC[C@H](C=CCCN(C)C)C3)C1. The lowest BCUT2D eigenvalue weighted by Gasteiger charge is -2.51. The molecule has 12 heteroatoms. The first kappa shape index (κ1) is 41.9. The second-order valence-corrected chi connectivity index (χ2v) is 16.7. The molecule has 12 nitrogen and oxygen atoms in total. The van der Waals surface area contributed by atoms with Crippen LogP contribution >= 0.6 is 0 Å². The molecule has 0 heterocycles. The van der Waals surface area contributed by atoms with Gasteiger partial charge in [-0.25, -0.2) is 9.59 Å². The molecule has 8 atom stereocenters. The molecule has 4 rings (SSSR count). The van der Waals surface area contributed by atoms with Crippen molar-refractivity contribution in [3.8, 4) is 0 Å². The largest absolute Gasteiger partial charge is 0.450 e. The van der Waals surface area contributed by atoms with Crippen LogP contribution in [-0.2, 0) is 28.7 Å². The molecule has 0 aromatic rings. The number of allylic oxidation sites excluding steroid dienone is 2. The van der Waals surface area contributed by atoms with Gasteiger partial charge in [-0.05, 0) is 117 Å². The van der Waals surface area contributed by atoms with Gasteiger partial charge in [0.25, 0.3) is 0 Å². The number of ether oxygens (including phenoxy) is 2. The second kappa shape index (κ2) is 19.0. The fourth-order valence-electron chi connectivity index (χ4n) is 9.53. The van der Waals surface area contributed by atoms with Crippen LogP contribution in [0.1, 0.15) is 90.9 Å². The second-order valence-electron chi connectivity index (χ2n) is 16.7. The van der Waals surface area contributed by atoms with Crippen LogP contribution in [0.25, 0.3) is 0 Å². The number of oxime groups is 2. The van der Waals surface area contributed by atoms with Crippen LogP contribution in [0.2, 0.25) is 0 Å². The monoisotopic (exact) mass is 729 g/mol. The zero-order chi connectivity index (χ0) is 37.8. The van der Waals surface area contributed by atoms with Crippen molar-refractivity contribution < 1.29 is 28.7 Å². The fraction of sp³-hybridized carbons (Fsp3) is 0.800. The van der Waals surface area contributed by atoms with Gasteiger partial charge in [0.2, 0.25) is 0 Å². The normalized spacial score (nSPS) is 34.9. The van der Waals surface area contributed by atoms with Gasteiger partial charge in [-0.15, -0.1) is 0 Å². The molecule has 0 aromatic heterocycles.